The van der Waals surface area contributed by atoms with Crippen molar-refractivity contribution < 1.29 is 9.53 Å². The van der Waals surface area contributed by atoms with Gasteiger partial charge in [-0.25, -0.2) is 4.79 Å². The van der Waals surface area contributed by atoms with E-state index in [1.807, 2.05) is 32.0 Å². The number of nitrogens with one attached hydrogen (secondary N) is 3. The molecular weight excluding hydrogens is 354 g/mol. The Hall–Kier alpha value is -2.25. The van der Waals surface area contributed by atoms with Crippen molar-refractivity contribution in [1.82, 2.24) is 15.5 Å². The van der Waals surface area contributed by atoms with Crippen LogP contribution in [0.4, 0.5) is 16.2 Å². The summed E-state index contributed by atoms with van der Waals surface area (Å²) in [6.45, 7) is 6.95. The van der Waals surface area contributed by atoms with Crippen LogP contribution in [0.15, 0.2) is 24.3 Å². The number of rotatable bonds is 5. The number of hydrogen-bond donors (Lipinski definition) is 3. The molecule has 1 aromatic heterocycles. The van der Waals surface area contributed by atoms with E-state index >= 15 is 0 Å². The predicted octanol–water partition coefficient (Wildman–Crippen LogP) is 2.96. The lowest BCUT2D eigenvalue weighted by Gasteiger charge is -2.29. The number of ether oxygens (including phenoxy) is 1. The highest BCUT2D eigenvalue weighted by atomic mass is 35.5. The number of anilines is 2. The molecule has 3 rings (SSSR count). The standard InChI is InChI=1S/C18H24ClN5O2/c1-12(9-14-10-13(2)22-23-14)20-18(25)21-17-11-15(3-4-16(17)19)24-5-7-26-8-6-24/h3-4,10-12H,5-9H2,1-2H3,(H,22,23)(H2,20,21,25). The molecule has 0 aliphatic carbocycles. The summed E-state index contributed by atoms with van der Waals surface area (Å²) in [6, 6.07) is 7.29. The lowest BCUT2D eigenvalue weighted by Crippen LogP contribution is -2.38. The van der Waals surface area contributed by atoms with Crippen LogP contribution in [-0.4, -0.2) is 48.6 Å². The Balaban J connectivity index is 1.59. The number of aromatic amines is 1. The van der Waals surface area contributed by atoms with Gasteiger partial charge in [-0.2, -0.15) is 5.10 Å². The highest BCUT2D eigenvalue weighted by Crippen LogP contribution is 2.28. The summed E-state index contributed by atoms with van der Waals surface area (Å²) in [5.41, 5.74) is 3.54. The minimum Gasteiger partial charge on any atom is -0.378 e. The molecule has 1 unspecified atom stereocenters. The Labute approximate surface area is 158 Å². The number of carbonyl (C=O) groups excluding carboxylic acids is 1. The number of hydrogen-bond acceptors (Lipinski definition) is 4. The van der Waals surface area contributed by atoms with Crippen LogP contribution in [0.3, 0.4) is 0 Å². The Morgan fingerprint density at radius 2 is 2.15 bits per heavy atom. The summed E-state index contributed by atoms with van der Waals surface area (Å²) in [6.07, 6.45) is 0.652. The molecule has 140 valence electrons. The average molecular weight is 378 g/mol. The van der Waals surface area contributed by atoms with Gasteiger partial charge in [0.1, 0.15) is 0 Å². The molecule has 7 nitrogen and oxygen atoms in total. The molecule has 3 N–H and O–H groups in total. The molecular formula is C18H24ClN5O2. The second kappa shape index (κ2) is 8.42. The van der Waals surface area contributed by atoms with Gasteiger partial charge in [0.15, 0.2) is 0 Å². The fourth-order valence-electron chi connectivity index (χ4n) is 2.95. The zero-order chi connectivity index (χ0) is 18.5. The highest BCUT2D eigenvalue weighted by molar-refractivity contribution is 6.33. The third kappa shape index (κ3) is 4.89. The van der Waals surface area contributed by atoms with E-state index in [0.717, 1.165) is 30.2 Å². The van der Waals surface area contributed by atoms with Crippen molar-refractivity contribution in [2.45, 2.75) is 26.3 Å². The van der Waals surface area contributed by atoms with Gasteiger partial charge in [-0.15, -0.1) is 0 Å². The Bertz CT molecular complexity index is 758. The molecule has 1 atom stereocenters. The molecule has 1 aromatic carbocycles. The fraction of sp³-hybridized carbons (Fsp3) is 0.444. The molecule has 0 radical (unpaired) electrons. The third-order valence-electron chi connectivity index (χ3n) is 4.23. The van der Waals surface area contributed by atoms with Gasteiger partial charge in [0.25, 0.3) is 0 Å². The summed E-state index contributed by atoms with van der Waals surface area (Å²) in [5, 5.41) is 13.4. The summed E-state index contributed by atoms with van der Waals surface area (Å²) >= 11 is 6.25. The second-order valence-electron chi connectivity index (χ2n) is 6.51. The average Bonchev–Trinajstić information content (AvgIpc) is 3.02. The Morgan fingerprint density at radius 1 is 1.38 bits per heavy atom. The van der Waals surface area contributed by atoms with Gasteiger partial charge >= 0.3 is 6.03 Å². The number of urea groups is 1. The number of morpholine rings is 1. The lowest BCUT2D eigenvalue weighted by molar-refractivity contribution is 0.122. The summed E-state index contributed by atoms with van der Waals surface area (Å²) in [7, 11) is 0. The number of H-pyrrole nitrogens is 1. The zero-order valence-electron chi connectivity index (χ0n) is 15.0. The van der Waals surface area contributed by atoms with Gasteiger partial charge in [0, 0.05) is 36.9 Å². The molecule has 0 saturated carbocycles. The normalized spacial score (nSPS) is 15.6. The van der Waals surface area contributed by atoms with Crippen molar-refractivity contribution in [1.29, 1.82) is 0 Å². The minimum atomic E-state index is -0.286. The number of carbonyl (C=O) groups is 1. The van der Waals surface area contributed by atoms with E-state index in [0.29, 0.717) is 30.3 Å². The second-order valence-corrected chi connectivity index (χ2v) is 6.92. The van der Waals surface area contributed by atoms with Crippen molar-refractivity contribution in [2.24, 2.45) is 0 Å². The molecule has 0 spiro atoms. The van der Waals surface area contributed by atoms with E-state index in [2.05, 4.69) is 25.7 Å². The quantitative estimate of drug-likeness (QED) is 0.748. The number of nitrogens with zero attached hydrogens (tertiary/aromatic N) is 2. The third-order valence-corrected chi connectivity index (χ3v) is 4.56. The molecule has 8 heteroatoms. The van der Waals surface area contributed by atoms with Crippen LogP contribution >= 0.6 is 11.6 Å². The molecule has 2 aromatic rings. The van der Waals surface area contributed by atoms with Crippen molar-refractivity contribution in [3.05, 3.63) is 40.7 Å². The van der Waals surface area contributed by atoms with E-state index in [4.69, 9.17) is 16.3 Å². The van der Waals surface area contributed by atoms with Gasteiger partial charge in [-0.3, -0.25) is 5.10 Å². The van der Waals surface area contributed by atoms with Crippen LogP contribution < -0.4 is 15.5 Å². The first kappa shape index (κ1) is 18.5. The molecule has 1 aliphatic heterocycles. The van der Waals surface area contributed by atoms with Gasteiger partial charge in [-0.1, -0.05) is 11.6 Å². The van der Waals surface area contributed by atoms with Crippen LogP contribution in [0, 0.1) is 6.92 Å². The molecule has 1 fully saturated rings. The lowest BCUT2D eigenvalue weighted by atomic mass is 10.2. The molecule has 0 bridgehead atoms. The van der Waals surface area contributed by atoms with Gasteiger partial charge in [0.2, 0.25) is 0 Å². The van der Waals surface area contributed by atoms with Crippen LogP contribution in [0.25, 0.3) is 0 Å². The van der Waals surface area contributed by atoms with Crippen molar-refractivity contribution >= 4 is 29.0 Å². The largest absolute Gasteiger partial charge is 0.378 e. The first-order valence-corrected chi connectivity index (χ1v) is 9.09. The maximum absolute atomic E-state index is 12.3. The van der Waals surface area contributed by atoms with Crippen LogP contribution in [0.2, 0.25) is 5.02 Å². The molecule has 2 heterocycles. The van der Waals surface area contributed by atoms with Crippen LogP contribution in [0.1, 0.15) is 18.3 Å². The molecule has 2 amide bonds. The van der Waals surface area contributed by atoms with Gasteiger partial charge < -0.3 is 20.3 Å². The predicted molar refractivity (Wildman–Crippen MR) is 103 cm³/mol. The fourth-order valence-corrected chi connectivity index (χ4v) is 3.12. The SMILES string of the molecule is Cc1cc(CC(C)NC(=O)Nc2cc(N3CCOCC3)ccc2Cl)n[nH]1. The number of aryl methyl sites for hydroxylation is 1. The summed E-state index contributed by atoms with van der Waals surface area (Å²) in [4.78, 5) is 14.5. The Kier molecular flexibility index (Phi) is 6.00. The van der Waals surface area contributed by atoms with Crippen molar-refractivity contribution in [3.8, 4) is 0 Å². The molecule has 1 saturated heterocycles. The van der Waals surface area contributed by atoms with Crippen LogP contribution in [-0.2, 0) is 11.2 Å². The van der Waals surface area contributed by atoms with Gasteiger partial charge in [-0.05, 0) is 38.1 Å². The monoisotopic (exact) mass is 377 g/mol. The van der Waals surface area contributed by atoms with Gasteiger partial charge in [0.05, 0.1) is 29.6 Å². The smallest absolute Gasteiger partial charge is 0.319 e. The summed E-state index contributed by atoms with van der Waals surface area (Å²) < 4.78 is 5.38. The van der Waals surface area contributed by atoms with E-state index in [1.165, 1.54) is 0 Å². The highest BCUT2D eigenvalue weighted by Gasteiger charge is 2.15. The minimum absolute atomic E-state index is 0.0566. The topological polar surface area (TPSA) is 82.3 Å². The maximum atomic E-state index is 12.3. The van der Waals surface area contributed by atoms with Crippen molar-refractivity contribution in [2.75, 3.05) is 36.5 Å². The van der Waals surface area contributed by atoms with E-state index < -0.39 is 0 Å². The van der Waals surface area contributed by atoms with E-state index in [1.54, 1.807) is 6.07 Å². The maximum Gasteiger partial charge on any atom is 0.319 e. The number of halogens is 1. The van der Waals surface area contributed by atoms with Crippen molar-refractivity contribution in [3.63, 3.8) is 0 Å². The number of amides is 2. The zero-order valence-corrected chi connectivity index (χ0v) is 15.8. The van der Waals surface area contributed by atoms with E-state index in [-0.39, 0.29) is 12.1 Å². The number of aromatic nitrogens is 2. The van der Waals surface area contributed by atoms with E-state index in [9.17, 15) is 4.79 Å². The first-order valence-electron chi connectivity index (χ1n) is 8.72. The number of benzene rings is 1. The summed E-state index contributed by atoms with van der Waals surface area (Å²) in [5.74, 6) is 0. The van der Waals surface area contributed by atoms with Crippen LogP contribution in [0.5, 0.6) is 0 Å². The molecule has 26 heavy (non-hydrogen) atoms. The Morgan fingerprint density at radius 3 is 2.85 bits per heavy atom. The first-order chi connectivity index (χ1) is 12.5. The molecule has 1 aliphatic rings.